The van der Waals surface area contributed by atoms with Crippen molar-refractivity contribution < 1.29 is 9.53 Å². The lowest BCUT2D eigenvalue weighted by molar-refractivity contribution is -0.141. The van der Waals surface area contributed by atoms with Crippen molar-refractivity contribution in [3.05, 3.63) is 0 Å². The predicted octanol–water partition coefficient (Wildman–Crippen LogP) is -0.171. The lowest BCUT2D eigenvalue weighted by Crippen LogP contribution is -2.28. The molecule has 0 saturated heterocycles. The molecule has 0 amide bonds. The fraction of sp³-hybridized carbons (Fsp3) is 0.875. The number of methoxy groups -OCH3 is 1. The zero-order valence-electron chi connectivity index (χ0n) is 8.04. The van der Waals surface area contributed by atoms with E-state index in [1.54, 1.807) is 0 Å². The van der Waals surface area contributed by atoms with Crippen LogP contribution >= 0.6 is 0 Å². The number of carbonyl (C=O) groups excluding carboxylic acids is 1. The quantitative estimate of drug-likeness (QED) is 0.588. The van der Waals surface area contributed by atoms with E-state index in [0.717, 1.165) is 13.0 Å². The van der Waals surface area contributed by atoms with Crippen LogP contribution in [0.15, 0.2) is 0 Å². The first-order valence-electron chi connectivity index (χ1n) is 4.03. The number of carbonyl (C=O) groups is 1. The minimum absolute atomic E-state index is 0.0835. The molecule has 0 saturated carbocycles. The van der Waals surface area contributed by atoms with E-state index in [1.807, 2.05) is 19.0 Å². The number of esters is 1. The van der Waals surface area contributed by atoms with Gasteiger partial charge in [-0.3, -0.25) is 4.79 Å². The summed E-state index contributed by atoms with van der Waals surface area (Å²) in [6.07, 6.45) is 1.13. The number of rotatable bonds is 5. The summed E-state index contributed by atoms with van der Waals surface area (Å²) in [4.78, 5) is 12.8. The molecule has 12 heavy (non-hydrogen) atoms. The molecule has 0 aromatic rings. The maximum absolute atomic E-state index is 10.8. The summed E-state index contributed by atoms with van der Waals surface area (Å²) >= 11 is 0. The van der Waals surface area contributed by atoms with Crippen molar-refractivity contribution in [2.75, 3.05) is 27.7 Å². The van der Waals surface area contributed by atoms with E-state index in [-0.39, 0.29) is 12.0 Å². The van der Waals surface area contributed by atoms with Crippen LogP contribution in [0.2, 0.25) is 0 Å². The number of hydrogen-bond acceptors (Lipinski definition) is 4. The van der Waals surface area contributed by atoms with Crippen LogP contribution in [-0.2, 0) is 9.53 Å². The summed E-state index contributed by atoms with van der Waals surface area (Å²) < 4.78 is 4.50. The third kappa shape index (κ3) is 6.12. The highest BCUT2D eigenvalue weighted by atomic mass is 16.5. The molecule has 1 atom stereocenters. The zero-order chi connectivity index (χ0) is 9.56. The standard InChI is InChI=1S/C8H18N2O2/c1-10(2)5-4-7(9)6-8(11)12-3/h7H,4-6,9H2,1-3H3. The van der Waals surface area contributed by atoms with Crippen molar-refractivity contribution >= 4 is 5.97 Å². The summed E-state index contributed by atoms with van der Waals surface area (Å²) in [5.74, 6) is -0.235. The molecule has 2 N–H and O–H groups in total. The van der Waals surface area contributed by atoms with Gasteiger partial charge in [0.05, 0.1) is 13.5 Å². The van der Waals surface area contributed by atoms with E-state index in [4.69, 9.17) is 5.73 Å². The summed E-state index contributed by atoms with van der Waals surface area (Å²) in [5, 5.41) is 0. The van der Waals surface area contributed by atoms with Gasteiger partial charge in [-0.2, -0.15) is 0 Å². The first-order valence-corrected chi connectivity index (χ1v) is 4.03. The second kappa shape index (κ2) is 5.97. The molecule has 0 aliphatic heterocycles. The molecule has 0 aromatic heterocycles. The molecule has 0 spiro atoms. The van der Waals surface area contributed by atoms with Gasteiger partial charge in [0.2, 0.25) is 0 Å². The molecule has 0 aliphatic rings. The van der Waals surface area contributed by atoms with Gasteiger partial charge in [0, 0.05) is 6.04 Å². The van der Waals surface area contributed by atoms with Crippen LogP contribution in [-0.4, -0.2) is 44.7 Å². The van der Waals surface area contributed by atoms with Crippen LogP contribution in [0.25, 0.3) is 0 Å². The summed E-state index contributed by atoms with van der Waals surface area (Å²) in [7, 11) is 5.33. The average Bonchev–Trinajstić information content (AvgIpc) is 2.00. The fourth-order valence-electron chi connectivity index (χ4n) is 0.823. The Labute approximate surface area is 73.7 Å². The molecule has 0 aromatic carbocycles. The van der Waals surface area contributed by atoms with E-state index < -0.39 is 0 Å². The number of nitrogens with two attached hydrogens (primary N) is 1. The van der Waals surface area contributed by atoms with Gasteiger partial charge in [0.15, 0.2) is 0 Å². The highest BCUT2D eigenvalue weighted by molar-refractivity contribution is 5.69. The summed E-state index contributed by atoms with van der Waals surface area (Å²) in [6.45, 7) is 0.901. The van der Waals surface area contributed by atoms with Crippen LogP contribution < -0.4 is 5.73 Å². The third-order valence-electron chi connectivity index (χ3n) is 1.60. The van der Waals surface area contributed by atoms with Gasteiger partial charge in [-0.05, 0) is 27.1 Å². The third-order valence-corrected chi connectivity index (χ3v) is 1.60. The molecule has 4 heteroatoms. The molecule has 72 valence electrons. The smallest absolute Gasteiger partial charge is 0.307 e. The van der Waals surface area contributed by atoms with E-state index in [2.05, 4.69) is 4.74 Å². The van der Waals surface area contributed by atoms with Crippen LogP contribution in [0, 0.1) is 0 Å². The van der Waals surface area contributed by atoms with Gasteiger partial charge < -0.3 is 15.4 Å². The van der Waals surface area contributed by atoms with Crippen LogP contribution in [0.5, 0.6) is 0 Å². The molecular weight excluding hydrogens is 156 g/mol. The minimum Gasteiger partial charge on any atom is -0.469 e. The van der Waals surface area contributed by atoms with E-state index in [9.17, 15) is 4.79 Å². The highest BCUT2D eigenvalue weighted by Crippen LogP contribution is 1.96. The van der Waals surface area contributed by atoms with Crippen LogP contribution in [0.3, 0.4) is 0 Å². The Hall–Kier alpha value is -0.610. The Morgan fingerprint density at radius 2 is 2.17 bits per heavy atom. The van der Waals surface area contributed by atoms with Crippen molar-refractivity contribution in [1.82, 2.24) is 4.90 Å². The molecular formula is C8H18N2O2. The van der Waals surface area contributed by atoms with Gasteiger partial charge in [-0.15, -0.1) is 0 Å². The number of nitrogens with zero attached hydrogens (tertiary/aromatic N) is 1. The number of ether oxygens (including phenoxy) is 1. The van der Waals surface area contributed by atoms with E-state index in [1.165, 1.54) is 7.11 Å². The molecule has 0 bridgehead atoms. The Kier molecular flexibility index (Phi) is 5.66. The Balaban J connectivity index is 3.45. The van der Waals surface area contributed by atoms with Crippen molar-refractivity contribution in [3.63, 3.8) is 0 Å². The second-order valence-electron chi connectivity index (χ2n) is 3.13. The summed E-state index contributed by atoms with van der Waals surface area (Å²) in [5.41, 5.74) is 5.67. The van der Waals surface area contributed by atoms with Gasteiger partial charge in [0.1, 0.15) is 0 Å². The Bertz CT molecular complexity index is 137. The largest absolute Gasteiger partial charge is 0.469 e. The molecule has 0 rings (SSSR count). The van der Waals surface area contributed by atoms with Gasteiger partial charge in [-0.1, -0.05) is 0 Å². The molecule has 1 unspecified atom stereocenters. The average molecular weight is 174 g/mol. The topological polar surface area (TPSA) is 55.6 Å². The minimum atomic E-state index is -0.235. The van der Waals surface area contributed by atoms with Crippen LogP contribution in [0.1, 0.15) is 12.8 Å². The SMILES string of the molecule is COC(=O)CC(N)CCN(C)C. The maximum atomic E-state index is 10.8. The Morgan fingerprint density at radius 3 is 2.58 bits per heavy atom. The number of hydrogen-bond donors (Lipinski definition) is 1. The molecule has 0 radical (unpaired) electrons. The first-order chi connectivity index (χ1) is 5.56. The second-order valence-corrected chi connectivity index (χ2v) is 3.13. The normalized spacial score (nSPS) is 13.1. The lowest BCUT2D eigenvalue weighted by atomic mass is 10.1. The summed E-state index contributed by atoms with van der Waals surface area (Å²) in [6, 6.07) is -0.0835. The molecule has 0 heterocycles. The van der Waals surface area contributed by atoms with Gasteiger partial charge in [0.25, 0.3) is 0 Å². The molecule has 4 nitrogen and oxygen atoms in total. The van der Waals surface area contributed by atoms with Crippen molar-refractivity contribution in [2.24, 2.45) is 5.73 Å². The van der Waals surface area contributed by atoms with Gasteiger partial charge in [-0.25, -0.2) is 0 Å². The van der Waals surface area contributed by atoms with Crippen LogP contribution in [0.4, 0.5) is 0 Å². The monoisotopic (exact) mass is 174 g/mol. The zero-order valence-corrected chi connectivity index (χ0v) is 8.04. The fourth-order valence-corrected chi connectivity index (χ4v) is 0.823. The first kappa shape index (κ1) is 11.4. The van der Waals surface area contributed by atoms with Gasteiger partial charge >= 0.3 is 5.97 Å². The maximum Gasteiger partial charge on any atom is 0.307 e. The van der Waals surface area contributed by atoms with E-state index in [0.29, 0.717) is 6.42 Å². The predicted molar refractivity (Wildman–Crippen MR) is 47.8 cm³/mol. The van der Waals surface area contributed by atoms with E-state index >= 15 is 0 Å². The molecule has 0 aliphatic carbocycles. The van der Waals surface area contributed by atoms with Crippen molar-refractivity contribution in [1.29, 1.82) is 0 Å². The van der Waals surface area contributed by atoms with Crippen molar-refractivity contribution in [3.8, 4) is 0 Å². The van der Waals surface area contributed by atoms with Crippen molar-refractivity contribution in [2.45, 2.75) is 18.9 Å². The molecule has 0 fully saturated rings. The Morgan fingerprint density at radius 1 is 1.58 bits per heavy atom. The highest BCUT2D eigenvalue weighted by Gasteiger charge is 2.08. The lowest BCUT2D eigenvalue weighted by Gasteiger charge is -2.13.